The summed E-state index contributed by atoms with van der Waals surface area (Å²) in [6.07, 6.45) is 0. The number of hydrazone groups is 1. The number of carboxylic acid groups (broad SMARTS) is 1. The quantitative estimate of drug-likeness (QED) is 0.643. The molecule has 7 heteroatoms. The zero-order valence-corrected chi connectivity index (χ0v) is 10.0. The van der Waals surface area contributed by atoms with Crippen LogP contribution in [0.4, 0.5) is 5.69 Å². The van der Waals surface area contributed by atoms with Crippen LogP contribution in [-0.2, 0) is 0 Å². The van der Waals surface area contributed by atoms with E-state index in [1.165, 1.54) is 6.07 Å². The van der Waals surface area contributed by atoms with Crippen molar-refractivity contribution >= 4 is 28.3 Å². The molecule has 2 N–H and O–H groups in total. The summed E-state index contributed by atoms with van der Waals surface area (Å²) in [5, 5.41) is 30.5. The number of anilines is 1. The fourth-order valence-electron chi connectivity index (χ4n) is 1.55. The van der Waals surface area contributed by atoms with E-state index in [0.29, 0.717) is 16.6 Å². The molecule has 20 heavy (non-hydrogen) atoms. The lowest BCUT2D eigenvalue weighted by Crippen LogP contribution is -2.02. The van der Waals surface area contributed by atoms with Crippen molar-refractivity contribution in [2.75, 3.05) is 5.43 Å². The standard InChI is InChI=1S/C13H7N5O2/c14-6-9(7-15)17-18-10-3-1-2-8-4-5-11(13(19)20)16-12(8)10/h1-5,18H,(H,19,20). The van der Waals surface area contributed by atoms with E-state index in [4.69, 9.17) is 15.6 Å². The fourth-order valence-corrected chi connectivity index (χ4v) is 1.55. The third-order valence-corrected chi connectivity index (χ3v) is 2.44. The summed E-state index contributed by atoms with van der Waals surface area (Å²) in [6, 6.07) is 11.3. The van der Waals surface area contributed by atoms with Gasteiger partial charge in [-0.25, -0.2) is 9.78 Å². The van der Waals surface area contributed by atoms with Crippen LogP contribution in [0.25, 0.3) is 10.9 Å². The van der Waals surface area contributed by atoms with E-state index in [-0.39, 0.29) is 11.4 Å². The molecule has 0 saturated carbocycles. The number of hydrogen-bond donors (Lipinski definition) is 2. The molecule has 0 radical (unpaired) electrons. The van der Waals surface area contributed by atoms with E-state index in [2.05, 4.69) is 15.5 Å². The molecule has 0 aliphatic carbocycles. The molecule has 0 bridgehead atoms. The van der Waals surface area contributed by atoms with Gasteiger partial charge in [-0.05, 0) is 12.1 Å². The van der Waals surface area contributed by atoms with Crippen LogP contribution in [0.1, 0.15) is 10.5 Å². The van der Waals surface area contributed by atoms with E-state index in [9.17, 15) is 4.79 Å². The fraction of sp³-hybridized carbons (Fsp3) is 0. The van der Waals surface area contributed by atoms with Gasteiger partial charge in [0.2, 0.25) is 5.71 Å². The van der Waals surface area contributed by atoms with Crippen LogP contribution in [-0.4, -0.2) is 21.8 Å². The van der Waals surface area contributed by atoms with Crippen molar-refractivity contribution in [3.63, 3.8) is 0 Å². The first-order valence-electron chi connectivity index (χ1n) is 5.42. The molecule has 2 aromatic rings. The molecule has 1 heterocycles. The van der Waals surface area contributed by atoms with Crippen molar-refractivity contribution in [1.29, 1.82) is 10.5 Å². The lowest BCUT2D eigenvalue weighted by molar-refractivity contribution is 0.0691. The van der Waals surface area contributed by atoms with Crippen molar-refractivity contribution in [1.82, 2.24) is 4.98 Å². The monoisotopic (exact) mass is 265 g/mol. The summed E-state index contributed by atoms with van der Waals surface area (Å²) in [5.41, 5.74) is 2.91. The molecule has 7 nitrogen and oxygen atoms in total. The average Bonchev–Trinajstić information content (AvgIpc) is 2.47. The van der Waals surface area contributed by atoms with Gasteiger partial charge in [-0.15, -0.1) is 0 Å². The van der Waals surface area contributed by atoms with Crippen LogP contribution in [0.15, 0.2) is 35.4 Å². The number of pyridine rings is 1. The molecular weight excluding hydrogens is 258 g/mol. The second-order valence-corrected chi connectivity index (χ2v) is 3.67. The van der Waals surface area contributed by atoms with E-state index in [1.807, 2.05) is 0 Å². The molecule has 0 aliphatic rings. The Balaban J connectivity index is 2.51. The van der Waals surface area contributed by atoms with Crippen LogP contribution in [0.5, 0.6) is 0 Å². The summed E-state index contributed by atoms with van der Waals surface area (Å²) in [4.78, 5) is 14.9. The zero-order valence-electron chi connectivity index (χ0n) is 10.0. The van der Waals surface area contributed by atoms with Gasteiger partial charge >= 0.3 is 5.97 Å². The zero-order chi connectivity index (χ0) is 14.5. The number of hydrogen-bond acceptors (Lipinski definition) is 6. The number of aromatic carboxylic acids is 1. The van der Waals surface area contributed by atoms with E-state index < -0.39 is 5.97 Å². The second-order valence-electron chi connectivity index (χ2n) is 3.67. The van der Waals surface area contributed by atoms with Crippen molar-refractivity contribution in [3.05, 3.63) is 36.0 Å². The van der Waals surface area contributed by atoms with Crippen molar-refractivity contribution in [3.8, 4) is 12.1 Å². The smallest absolute Gasteiger partial charge is 0.354 e. The largest absolute Gasteiger partial charge is 0.477 e. The number of aromatic nitrogens is 1. The summed E-state index contributed by atoms with van der Waals surface area (Å²) in [7, 11) is 0. The maximum absolute atomic E-state index is 10.9. The highest BCUT2D eigenvalue weighted by atomic mass is 16.4. The first-order valence-corrected chi connectivity index (χ1v) is 5.42. The molecule has 96 valence electrons. The number of carboxylic acids is 1. The average molecular weight is 265 g/mol. The third kappa shape index (κ3) is 2.52. The van der Waals surface area contributed by atoms with Gasteiger partial charge in [0.1, 0.15) is 17.8 Å². The van der Waals surface area contributed by atoms with Gasteiger partial charge in [-0.3, -0.25) is 5.43 Å². The first kappa shape index (κ1) is 13.0. The Morgan fingerprint density at radius 2 is 2.00 bits per heavy atom. The Hall–Kier alpha value is -3.45. The number of benzene rings is 1. The highest BCUT2D eigenvalue weighted by molar-refractivity contribution is 6.10. The highest BCUT2D eigenvalue weighted by Gasteiger charge is 2.08. The van der Waals surface area contributed by atoms with E-state index >= 15 is 0 Å². The van der Waals surface area contributed by atoms with E-state index in [1.54, 1.807) is 36.4 Å². The number of para-hydroxylation sites is 1. The second kappa shape index (κ2) is 5.46. The molecular formula is C13H7N5O2. The van der Waals surface area contributed by atoms with Crippen molar-refractivity contribution < 1.29 is 9.90 Å². The summed E-state index contributed by atoms with van der Waals surface area (Å²) in [6.45, 7) is 0. The van der Waals surface area contributed by atoms with Crippen LogP contribution >= 0.6 is 0 Å². The molecule has 0 spiro atoms. The normalized spacial score (nSPS) is 9.30. The Morgan fingerprint density at radius 1 is 1.25 bits per heavy atom. The molecule has 0 atom stereocenters. The number of fused-ring (bicyclic) bond motifs is 1. The predicted molar refractivity (Wildman–Crippen MR) is 71.0 cm³/mol. The van der Waals surface area contributed by atoms with Crippen LogP contribution in [0.3, 0.4) is 0 Å². The number of nitrogens with zero attached hydrogens (tertiary/aromatic N) is 4. The molecule has 1 aromatic carbocycles. The van der Waals surface area contributed by atoms with Gasteiger partial charge < -0.3 is 5.11 Å². The Labute approximate surface area is 113 Å². The van der Waals surface area contributed by atoms with Crippen LogP contribution in [0, 0.1) is 22.7 Å². The van der Waals surface area contributed by atoms with E-state index in [0.717, 1.165) is 0 Å². The van der Waals surface area contributed by atoms with Gasteiger partial charge in [0.25, 0.3) is 0 Å². The Morgan fingerprint density at radius 3 is 2.65 bits per heavy atom. The maximum Gasteiger partial charge on any atom is 0.354 e. The lowest BCUT2D eigenvalue weighted by atomic mass is 10.2. The van der Waals surface area contributed by atoms with Crippen LogP contribution in [0.2, 0.25) is 0 Å². The summed E-state index contributed by atoms with van der Waals surface area (Å²) in [5.74, 6) is -1.14. The molecule has 0 aliphatic heterocycles. The van der Waals surface area contributed by atoms with Gasteiger partial charge in [0.15, 0.2) is 0 Å². The molecule has 0 fully saturated rings. The van der Waals surface area contributed by atoms with Gasteiger partial charge in [0.05, 0.1) is 11.2 Å². The lowest BCUT2D eigenvalue weighted by Gasteiger charge is -2.05. The maximum atomic E-state index is 10.9. The summed E-state index contributed by atoms with van der Waals surface area (Å²) < 4.78 is 0. The minimum atomic E-state index is -1.14. The van der Waals surface area contributed by atoms with Crippen molar-refractivity contribution in [2.45, 2.75) is 0 Å². The van der Waals surface area contributed by atoms with Crippen LogP contribution < -0.4 is 5.43 Å². The number of nitriles is 2. The number of carbonyl (C=O) groups is 1. The number of nitrogens with one attached hydrogen (secondary N) is 1. The Bertz CT molecular complexity index is 782. The Kier molecular flexibility index (Phi) is 3.55. The van der Waals surface area contributed by atoms with Gasteiger partial charge in [-0.2, -0.15) is 15.6 Å². The van der Waals surface area contributed by atoms with Gasteiger partial charge in [0, 0.05) is 5.39 Å². The molecule has 0 amide bonds. The third-order valence-electron chi connectivity index (χ3n) is 2.44. The minimum Gasteiger partial charge on any atom is -0.477 e. The highest BCUT2D eigenvalue weighted by Crippen LogP contribution is 2.21. The molecule has 2 rings (SSSR count). The molecule has 1 aromatic heterocycles. The minimum absolute atomic E-state index is 0.100. The first-order chi connectivity index (χ1) is 9.65. The topological polar surface area (TPSA) is 122 Å². The summed E-state index contributed by atoms with van der Waals surface area (Å²) >= 11 is 0. The SMILES string of the molecule is N#CC(C#N)=NNc1cccc2ccc(C(=O)O)nc12. The van der Waals surface area contributed by atoms with Crippen molar-refractivity contribution in [2.24, 2.45) is 5.10 Å². The predicted octanol–water partition coefficient (Wildman–Crippen LogP) is 1.75. The number of rotatable bonds is 3. The molecule has 0 saturated heterocycles. The molecule has 0 unspecified atom stereocenters. The van der Waals surface area contributed by atoms with Gasteiger partial charge in [-0.1, -0.05) is 18.2 Å².